The molecule has 2 aromatic carbocycles. The summed E-state index contributed by atoms with van der Waals surface area (Å²) in [6.45, 7) is 0. The van der Waals surface area contributed by atoms with Gasteiger partial charge in [0, 0.05) is 9.50 Å². The maximum absolute atomic E-state index is 11.9. The Kier molecular flexibility index (Phi) is 5.22. The number of hydrogen-bond acceptors (Lipinski definition) is 2. The first-order valence-electron chi connectivity index (χ1n) is 5.79. The van der Waals surface area contributed by atoms with Gasteiger partial charge in [0.2, 0.25) is 0 Å². The summed E-state index contributed by atoms with van der Waals surface area (Å²) in [5, 5.41) is 0.629. The summed E-state index contributed by atoms with van der Waals surface area (Å²) in [4.78, 5) is 23.9. The lowest BCUT2D eigenvalue weighted by molar-refractivity contribution is 0.0846. The van der Waals surface area contributed by atoms with E-state index in [2.05, 4.69) is 26.8 Å². The molecule has 0 unspecified atom stereocenters. The number of nitrogens with one attached hydrogen (secondary N) is 2. The maximum atomic E-state index is 11.9. The lowest BCUT2D eigenvalue weighted by Gasteiger charge is -2.09. The molecule has 2 amide bonds. The second-order valence-electron chi connectivity index (χ2n) is 4.01. The van der Waals surface area contributed by atoms with Gasteiger partial charge in [0.25, 0.3) is 11.8 Å². The number of benzene rings is 2. The average Bonchev–Trinajstić information content (AvgIpc) is 2.45. The van der Waals surface area contributed by atoms with Crippen molar-refractivity contribution in [3.05, 3.63) is 68.1 Å². The Morgan fingerprint density at radius 3 is 2.14 bits per heavy atom. The molecule has 0 aliphatic heterocycles. The molecule has 0 radical (unpaired) electrons. The summed E-state index contributed by atoms with van der Waals surface area (Å²) in [5.74, 6) is -0.974. The zero-order valence-corrected chi connectivity index (χ0v) is 13.6. The molecule has 0 heterocycles. The first-order valence-corrected chi connectivity index (χ1v) is 7.34. The summed E-state index contributed by atoms with van der Waals surface area (Å²) in [5.41, 5.74) is 5.24. The second kappa shape index (κ2) is 6.93. The smallest absolute Gasteiger partial charge is 0.267 e. The second-order valence-corrected chi connectivity index (χ2v) is 5.71. The van der Waals surface area contributed by atoms with Crippen molar-refractivity contribution in [2.24, 2.45) is 0 Å². The van der Waals surface area contributed by atoms with Gasteiger partial charge in [-0.15, -0.1) is 0 Å². The van der Waals surface area contributed by atoms with Crippen LogP contribution in [0.2, 0.25) is 10.0 Å². The number of carbonyl (C=O) groups is 2. The molecule has 0 spiro atoms. The molecule has 0 aliphatic carbocycles. The summed E-state index contributed by atoms with van der Waals surface area (Å²) in [7, 11) is 0. The number of carbonyl (C=O) groups excluding carboxylic acids is 2. The molecule has 2 rings (SSSR count). The molecule has 7 heteroatoms. The van der Waals surface area contributed by atoms with Crippen LogP contribution in [-0.4, -0.2) is 11.8 Å². The van der Waals surface area contributed by atoms with Crippen LogP contribution in [-0.2, 0) is 0 Å². The van der Waals surface area contributed by atoms with Crippen LogP contribution in [0.15, 0.2) is 46.9 Å². The minimum Gasteiger partial charge on any atom is -0.267 e. The standard InChI is InChI=1S/C14H9BrCl2N2O2/c15-11-4-2-1-3-9(11)13(20)18-19-14(21)10-6-5-8(16)7-12(10)17/h1-7H,(H,18,20)(H,19,21). The first kappa shape index (κ1) is 15.8. The van der Waals surface area contributed by atoms with Gasteiger partial charge in [-0.2, -0.15) is 0 Å². The summed E-state index contributed by atoms with van der Waals surface area (Å²) < 4.78 is 0.626. The highest BCUT2D eigenvalue weighted by Gasteiger charge is 2.13. The van der Waals surface area contributed by atoms with Gasteiger partial charge < -0.3 is 0 Å². The molecule has 0 saturated carbocycles. The monoisotopic (exact) mass is 386 g/mol. The highest BCUT2D eigenvalue weighted by atomic mass is 79.9. The van der Waals surface area contributed by atoms with E-state index in [1.807, 2.05) is 0 Å². The third-order valence-electron chi connectivity index (χ3n) is 2.58. The molecule has 2 aromatic rings. The van der Waals surface area contributed by atoms with Crippen LogP contribution in [0.4, 0.5) is 0 Å². The van der Waals surface area contributed by atoms with Crippen LogP contribution in [0.5, 0.6) is 0 Å². The Hall–Kier alpha value is -1.56. The van der Waals surface area contributed by atoms with Crippen LogP contribution in [0.3, 0.4) is 0 Å². The van der Waals surface area contributed by atoms with Gasteiger partial charge >= 0.3 is 0 Å². The SMILES string of the molecule is O=C(NNC(=O)c1ccccc1Br)c1ccc(Cl)cc1Cl. The van der Waals surface area contributed by atoms with Crippen molar-refractivity contribution in [2.45, 2.75) is 0 Å². The molecule has 0 bridgehead atoms. The van der Waals surface area contributed by atoms with Gasteiger partial charge in [0.15, 0.2) is 0 Å². The van der Waals surface area contributed by atoms with Crippen molar-refractivity contribution in [2.75, 3.05) is 0 Å². The molecule has 0 atom stereocenters. The number of hydrogen-bond donors (Lipinski definition) is 2. The van der Waals surface area contributed by atoms with Crippen molar-refractivity contribution < 1.29 is 9.59 Å². The van der Waals surface area contributed by atoms with Crippen molar-refractivity contribution in [3.8, 4) is 0 Å². The van der Waals surface area contributed by atoms with Crippen molar-refractivity contribution in [3.63, 3.8) is 0 Å². The molecule has 21 heavy (non-hydrogen) atoms. The van der Waals surface area contributed by atoms with E-state index in [1.54, 1.807) is 24.3 Å². The lowest BCUT2D eigenvalue weighted by Crippen LogP contribution is -2.41. The fraction of sp³-hybridized carbons (Fsp3) is 0. The highest BCUT2D eigenvalue weighted by molar-refractivity contribution is 9.10. The van der Waals surface area contributed by atoms with Gasteiger partial charge in [-0.1, -0.05) is 35.3 Å². The van der Waals surface area contributed by atoms with Gasteiger partial charge in [0.1, 0.15) is 0 Å². The summed E-state index contributed by atoms with van der Waals surface area (Å²) in [6, 6.07) is 11.3. The molecule has 0 aromatic heterocycles. The largest absolute Gasteiger partial charge is 0.271 e. The fourth-order valence-electron chi connectivity index (χ4n) is 1.57. The van der Waals surface area contributed by atoms with E-state index in [0.717, 1.165) is 0 Å². The third-order valence-corrected chi connectivity index (χ3v) is 3.82. The van der Waals surface area contributed by atoms with Crippen molar-refractivity contribution in [1.82, 2.24) is 10.9 Å². The average molecular weight is 388 g/mol. The van der Waals surface area contributed by atoms with E-state index < -0.39 is 11.8 Å². The Morgan fingerprint density at radius 1 is 0.905 bits per heavy atom. The quantitative estimate of drug-likeness (QED) is 0.769. The predicted octanol–water partition coefficient (Wildman–Crippen LogP) is 3.83. The van der Waals surface area contributed by atoms with E-state index in [9.17, 15) is 9.59 Å². The maximum Gasteiger partial charge on any atom is 0.271 e. The first-order chi connectivity index (χ1) is 9.99. The van der Waals surface area contributed by atoms with E-state index in [1.165, 1.54) is 18.2 Å². The molecular formula is C14H9BrCl2N2O2. The van der Waals surface area contributed by atoms with E-state index >= 15 is 0 Å². The number of rotatable bonds is 2. The van der Waals surface area contributed by atoms with Crippen LogP contribution in [0.1, 0.15) is 20.7 Å². The predicted molar refractivity (Wildman–Crippen MR) is 85.5 cm³/mol. The number of halogens is 3. The van der Waals surface area contributed by atoms with Gasteiger partial charge in [0.05, 0.1) is 16.1 Å². The molecule has 0 saturated heterocycles. The molecule has 4 nitrogen and oxygen atoms in total. The number of hydrazine groups is 1. The van der Waals surface area contributed by atoms with Gasteiger partial charge in [-0.05, 0) is 46.3 Å². The topological polar surface area (TPSA) is 58.2 Å². The fourth-order valence-corrected chi connectivity index (χ4v) is 2.53. The van der Waals surface area contributed by atoms with Gasteiger partial charge in [-0.25, -0.2) is 0 Å². The summed E-state index contributed by atoms with van der Waals surface area (Å²) >= 11 is 14.9. The normalized spacial score (nSPS) is 10.0. The molecule has 2 N–H and O–H groups in total. The Morgan fingerprint density at radius 2 is 1.52 bits per heavy atom. The minimum absolute atomic E-state index is 0.204. The Bertz CT molecular complexity index is 707. The molecule has 108 valence electrons. The Balaban J connectivity index is 2.04. The minimum atomic E-state index is -0.530. The van der Waals surface area contributed by atoms with E-state index in [-0.39, 0.29) is 10.6 Å². The third kappa shape index (κ3) is 3.97. The van der Waals surface area contributed by atoms with Crippen LogP contribution in [0, 0.1) is 0 Å². The zero-order chi connectivity index (χ0) is 15.4. The van der Waals surface area contributed by atoms with Crippen LogP contribution >= 0.6 is 39.1 Å². The zero-order valence-electron chi connectivity index (χ0n) is 10.5. The molecule has 0 aliphatic rings. The van der Waals surface area contributed by atoms with Gasteiger partial charge in [-0.3, -0.25) is 20.4 Å². The summed E-state index contributed by atoms with van der Waals surface area (Å²) in [6.07, 6.45) is 0. The van der Waals surface area contributed by atoms with Crippen LogP contribution in [0.25, 0.3) is 0 Å². The van der Waals surface area contributed by atoms with Crippen molar-refractivity contribution >= 4 is 50.9 Å². The Labute approximate surface area is 139 Å². The molecular weight excluding hydrogens is 379 g/mol. The van der Waals surface area contributed by atoms with Crippen molar-refractivity contribution in [1.29, 1.82) is 0 Å². The van der Waals surface area contributed by atoms with E-state index in [0.29, 0.717) is 15.1 Å². The molecule has 0 fully saturated rings. The van der Waals surface area contributed by atoms with Crippen LogP contribution < -0.4 is 10.9 Å². The van der Waals surface area contributed by atoms with E-state index in [4.69, 9.17) is 23.2 Å². The lowest BCUT2D eigenvalue weighted by atomic mass is 10.2. The number of amides is 2. The highest BCUT2D eigenvalue weighted by Crippen LogP contribution is 2.20.